The Hall–Kier alpha value is -3.31. The number of halogens is 2. The number of hydrogen-bond acceptors (Lipinski definition) is 8. The van der Waals surface area contributed by atoms with E-state index >= 15 is 0 Å². The molecule has 0 spiro atoms. The Morgan fingerprint density at radius 2 is 1.87 bits per heavy atom. The number of aryl methyl sites for hydroxylation is 2. The van der Waals surface area contributed by atoms with E-state index < -0.39 is 12.2 Å². The van der Waals surface area contributed by atoms with Gasteiger partial charge < -0.3 is 20.4 Å². The van der Waals surface area contributed by atoms with E-state index in [-0.39, 0.29) is 17.2 Å². The minimum Gasteiger partial charge on any atom is -0.373 e. The minimum atomic E-state index is -2.75. The highest BCUT2D eigenvalue weighted by atomic mass is 32.2. The fourth-order valence-corrected chi connectivity index (χ4v) is 5.02. The molecule has 0 saturated carbocycles. The van der Waals surface area contributed by atoms with Crippen molar-refractivity contribution in [1.82, 2.24) is 24.9 Å². The van der Waals surface area contributed by atoms with Crippen LogP contribution in [0.4, 0.5) is 31.8 Å². The lowest BCUT2D eigenvalue weighted by molar-refractivity contribution is -0.0498. The summed E-state index contributed by atoms with van der Waals surface area (Å²) in [6.07, 6.45) is 3.00. The van der Waals surface area contributed by atoms with Crippen LogP contribution in [0.15, 0.2) is 35.4 Å². The molecule has 1 aliphatic heterocycles. The minimum absolute atomic E-state index is 0.0618. The van der Waals surface area contributed by atoms with Gasteiger partial charge in [0.2, 0.25) is 0 Å². The van der Waals surface area contributed by atoms with Crippen molar-refractivity contribution in [1.29, 1.82) is 0 Å². The molecule has 1 aliphatic rings. The van der Waals surface area contributed by atoms with E-state index in [1.54, 1.807) is 24.0 Å². The third-order valence-corrected chi connectivity index (χ3v) is 7.54. The number of anilines is 4. The van der Waals surface area contributed by atoms with Gasteiger partial charge in [-0.25, -0.2) is 23.7 Å². The van der Waals surface area contributed by atoms with Gasteiger partial charge in [-0.15, -0.1) is 11.8 Å². The molecule has 3 aromatic heterocycles. The molecule has 3 N–H and O–H groups in total. The SMILES string of the molecule is CSc1cc(C2CCC(C)(C)CO2)ccc1Nc1cc(Nc2cnc(C)c(C)n2)nc2nc(C(F)F)[nH]c12. The number of thioether (sulfide) groups is 1. The number of aromatic nitrogens is 5. The van der Waals surface area contributed by atoms with Crippen molar-refractivity contribution in [3.63, 3.8) is 0 Å². The van der Waals surface area contributed by atoms with Crippen LogP contribution in [0.5, 0.6) is 0 Å². The van der Waals surface area contributed by atoms with Crippen molar-refractivity contribution in [2.24, 2.45) is 5.41 Å². The molecule has 1 fully saturated rings. The van der Waals surface area contributed by atoms with Crippen LogP contribution in [0.2, 0.25) is 0 Å². The standard InChI is InChI=1S/C27H31F2N7OS/c1-14-15(2)31-22(12-30-14)33-21-11-18(23-25(34-21)36-26(35-23)24(28)29)32-17-7-6-16(10-20(17)38-5)19-8-9-27(3,4)13-37-19/h6-7,10-12,19,24H,8-9,13H2,1-5H3,(H3,31,32,33,34,35,36). The third-order valence-electron chi connectivity index (χ3n) is 6.76. The summed E-state index contributed by atoms with van der Waals surface area (Å²) >= 11 is 1.60. The number of nitrogens with zero attached hydrogens (tertiary/aromatic N) is 4. The number of imidazole rings is 1. The number of H-pyrrole nitrogens is 1. The zero-order valence-corrected chi connectivity index (χ0v) is 22.8. The topological polar surface area (TPSA) is 101 Å². The van der Waals surface area contributed by atoms with Crippen molar-refractivity contribution in [2.75, 3.05) is 23.5 Å². The monoisotopic (exact) mass is 539 g/mol. The van der Waals surface area contributed by atoms with Gasteiger partial charge in [-0.1, -0.05) is 19.9 Å². The summed E-state index contributed by atoms with van der Waals surface area (Å²) in [5.74, 6) is 0.474. The lowest BCUT2D eigenvalue weighted by atomic mass is 9.84. The maximum Gasteiger partial charge on any atom is 0.295 e. The number of pyridine rings is 1. The van der Waals surface area contributed by atoms with Gasteiger partial charge in [0.15, 0.2) is 11.5 Å². The normalized spacial score (nSPS) is 17.2. The highest BCUT2D eigenvalue weighted by molar-refractivity contribution is 7.98. The number of aromatic amines is 1. The van der Waals surface area contributed by atoms with E-state index in [9.17, 15) is 8.78 Å². The molecule has 1 aromatic carbocycles. The molecule has 0 aliphatic carbocycles. The maximum atomic E-state index is 13.5. The molecule has 1 atom stereocenters. The Morgan fingerprint density at radius 3 is 2.55 bits per heavy atom. The quantitative estimate of drug-likeness (QED) is 0.209. The van der Waals surface area contributed by atoms with Crippen molar-refractivity contribution in [3.05, 3.63) is 53.2 Å². The van der Waals surface area contributed by atoms with Gasteiger partial charge in [-0.05, 0) is 56.1 Å². The van der Waals surface area contributed by atoms with Gasteiger partial charge in [-0.3, -0.25) is 4.98 Å². The molecule has 0 amide bonds. The van der Waals surface area contributed by atoms with E-state index in [2.05, 4.69) is 61.5 Å². The molecule has 8 nitrogen and oxygen atoms in total. The number of rotatable bonds is 7. The van der Waals surface area contributed by atoms with Gasteiger partial charge >= 0.3 is 0 Å². The first-order valence-corrected chi connectivity index (χ1v) is 13.7. The Labute approximate surface area is 224 Å². The summed E-state index contributed by atoms with van der Waals surface area (Å²) in [5, 5.41) is 6.54. The second kappa shape index (κ2) is 10.5. The zero-order valence-electron chi connectivity index (χ0n) is 22.0. The molecule has 1 unspecified atom stereocenters. The molecular formula is C27H31F2N7OS. The van der Waals surface area contributed by atoms with Crippen molar-refractivity contribution in [2.45, 2.75) is 58.0 Å². The van der Waals surface area contributed by atoms with Crippen LogP contribution in [0, 0.1) is 19.3 Å². The highest BCUT2D eigenvalue weighted by Crippen LogP contribution is 2.40. The smallest absolute Gasteiger partial charge is 0.295 e. The predicted molar refractivity (Wildman–Crippen MR) is 147 cm³/mol. The first-order valence-electron chi connectivity index (χ1n) is 12.4. The Bertz CT molecular complexity index is 1460. The fourth-order valence-electron chi connectivity index (χ4n) is 4.43. The number of benzene rings is 1. The molecule has 0 radical (unpaired) electrons. The number of ether oxygens (including phenoxy) is 1. The Balaban J connectivity index is 1.48. The summed E-state index contributed by atoms with van der Waals surface area (Å²) < 4.78 is 33.1. The molecule has 1 saturated heterocycles. The molecule has 0 bridgehead atoms. The van der Waals surface area contributed by atoms with E-state index in [1.165, 1.54) is 0 Å². The summed E-state index contributed by atoms with van der Waals surface area (Å²) in [7, 11) is 0. The first-order chi connectivity index (χ1) is 18.1. The van der Waals surface area contributed by atoms with Gasteiger partial charge in [0.25, 0.3) is 6.43 Å². The predicted octanol–water partition coefficient (Wildman–Crippen LogP) is 7.39. The maximum absolute atomic E-state index is 13.5. The Kier molecular flexibility index (Phi) is 7.23. The van der Waals surface area contributed by atoms with Crippen LogP contribution in [0.3, 0.4) is 0 Å². The lowest BCUT2D eigenvalue weighted by Crippen LogP contribution is -2.27. The number of nitrogens with one attached hydrogen (secondary N) is 3. The average molecular weight is 540 g/mol. The first kappa shape index (κ1) is 26.3. The van der Waals surface area contributed by atoms with Gasteiger partial charge in [0.05, 0.1) is 41.7 Å². The van der Waals surface area contributed by atoms with Crippen LogP contribution in [-0.4, -0.2) is 37.8 Å². The lowest BCUT2D eigenvalue weighted by Gasteiger charge is -2.35. The number of alkyl halides is 2. The van der Waals surface area contributed by atoms with Crippen molar-refractivity contribution >= 4 is 45.9 Å². The molecule has 200 valence electrons. The van der Waals surface area contributed by atoms with Gasteiger partial charge in [0, 0.05) is 11.0 Å². The summed E-state index contributed by atoms with van der Waals surface area (Å²) in [6, 6.07) is 7.94. The number of fused-ring (bicyclic) bond motifs is 1. The highest BCUT2D eigenvalue weighted by Gasteiger charge is 2.28. The van der Waals surface area contributed by atoms with Crippen molar-refractivity contribution < 1.29 is 13.5 Å². The van der Waals surface area contributed by atoms with Gasteiger partial charge in [0.1, 0.15) is 17.2 Å². The molecule has 4 heterocycles. The van der Waals surface area contributed by atoms with Crippen LogP contribution in [0.1, 0.15) is 62.0 Å². The molecular weight excluding hydrogens is 508 g/mol. The van der Waals surface area contributed by atoms with Crippen molar-refractivity contribution in [3.8, 4) is 0 Å². The fraction of sp³-hybridized carbons (Fsp3) is 0.407. The largest absolute Gasteiger partial charge is 0.373 e. The third kappa shape index (κ3) is 5.58. The van der Waals surface area contributed by atoms with E-state index in [0.29, 0.717) is 22.8 Å². The van der Waals surface area contributed by atoms with E-state index in [1.807, 2.05) is 26.2 Å². The Morgan fingerprint density at radius 1 is 1.05 bits per heavy atom. The summed E-state index contributed by atoms with van der Waals surface area (Å²) in [5.41, 5.74) is 4.91. The average Bonchev–Trinajstić information content (AvgIpc) is 3.32. The number of hydrogen-bond donors (Lipinski definition) is 3. The van der Waals surface area contributed by atoms with Gasteiger partial charge in [-0.2, -0.15) is 0 Å². The molecule has 11 heteroatoms. The van der Waals surface area contributed by atoms with Crippen LogP contribution < -0.4 is 10.6 Å². The second-order valence-electron chi connectivity index (χ2n) is 10.3. The van der Waals surface area contributed by atoms with Crippen LogP contribution >= 0.6 is 11.8 Å². The second-order valence-corrected chi connectivity index (χ2v) is 11.2. The summed E-state index contributed by atoms with van der Waals surface area (Å²) in [4.78, 5) is 21.0. The molecule has 5 rings (SSSR count). The van der Waals surface area contributed by atoms with Crippen LogP contribution in [-0.2, 0) is 4.74 Å². The van der Waals surface area contributed by atoms with E-state index in [0.717, 1.165) is 47.0 Å². The van der Waals surface area contributed by atoms with Crippen LogP contribution in [0.25, 0.3) is 11.2 Å². The summed E-state index contributed by atoms with van der Waals surface area (Å²) in [6.45, 7) is 8.93. The molecule has 38 heavy (non-hydrogen) atoms. The molecule has 4 aromatic rings. The zero-order chi connectivity index (χ0) is 27.0. The van der Waals surface area contributed by atoms with E-state index in [4.69, 9.17) is 4.74 Å².